The van der Waals surface area contributed by atoms with Crippen molar-refractivity contribution >= 4 is 11.7 Å². The molecule has 0 aliphatic carbocycles. The molecule has 0 fully saturated rings. The summed E-state index contributed by atoms with van der Waals surface area (Å²) in [5, 5.41) is 17.7. The second kappa shape index (κ2) is 5.92. The van der Waals surface area contributed by atoms with Crippen LogP contribution in [0.4, 0.5) is 10.1 Å². The minimum absolute atomic E-state index is 0.0189. The number of nitriles is 1. The maximum Gasteiger partial charge on any atom is 0.335 e. The largest absolute Gasteiger partial charge is 0.487 e. The Morgan fingerprint density at radius 3 is 2.81 bits per heavy atom. The summed E-state index contributed by atoms with van der Waals surface area (Å²) in [7, 11) is 0. The molecule has 0 bridgehead atoms. The molecule has 3 N–H and O–H groups in total. The van der Waals surface area contributed by atoms with E-state index < -0.39 is 11.8 Å². The molecule has 21 heavy (non-hydrogen) atoms. The van der Waals surface area contributed by atoms with Crippen molar-refractivity contribution in [2.75, 3.05) is 5.73 Å². The van der Waals surface area contributed by atoms with Crippen molar-refractivity contribution in [1.82, 2.24) is 0 Å². The Bertz CT molecular complexity index is 738. The summed E-state index contributed by atoms with van der Waals surface area (Å²) in [6.07, 6.45) is 0. The molecule has 5 nitrogen and oxygen atoms in total. The fraction of sp³-hybridized carbons (Fsp3) is 0.0667. The summed E-state index contributed by atoms with van der Waals surface area (Å²) in [5.74, 6) is -1.62. The number of carbonyl (C=O) groups is 1. The maximum atomic E-state index is 13.9. The Morgan fingerprint density at radius 1 is 1.38 bits per heavy atom. The topological polar surface area (TPSA) is 96.3 Å². The Balaban J connectivity index is 2.23. The standard InChI is InChI=1S/C15H11FN2O3/c16-14-10(7-17)2-1-3-11(14)8-21-13-6-9(15(19)20)4-5-12(13)18/h1-6H,8,18H2,(H,19,20). The normalized spacial score (nSPS) is 9.90. The number of nitrogens with zero attached hydrogens (tertiary/aromatic N) is 1. The molecule has 0 unspecified atom stereocenters. The van der Waals surface area contributed by atoms with Crippen LogP contribution in [0.5, 0.6) is 5.75 Å². The average molecular weight is 286 g/mol. The fourth-order valence-corrected chi connectivity index (χ4v) is 1.73. The summed E-state index contributed by atoms with van der Waals surface area (Å²) < 4.78 is 19.2. The first-order chi connectivity index (χ1) is 10.0. The van der Waals surface area contributed by atoms with E-state index in [0.717, 1.165) is 0 Å². The Hall–Kier alpha value is -3.07. The predicted octanol–water partition coefficient (Wildman–Crippen LogP) is 2.56. The van der Waals surface area contributed by atoms with E-state index in [9.17, 15) is 9.18 Å². The molecule has 0 aliphatic heterocycles. The van der Waals surface area contributed by atoms with E-state index >= 15 is 0 Å². The Labute approximate surface area is 120 Å². The summed E-state index contributed by atoms with van der Waals surface area (Å²) in [6.45, 7) is -0.158. The van der Waals surface area contributed by atoms with Gasteiger partial charge < -0.3 is 15.6 Å². The van der Waals surface area contributed by atoms with Gasteiger partial charge in [0.05, 0.1) is 16.8 Å². The molecule has 0 aliphatic rings. The SMILES string of the molecule is N#Cc1cccc(COc2cc(C(=O)O)ccc2N)c1F. The summed E-state index contributed by atoms with van der Waals surface area (Å²) >= 11 is 0. The molecule has 2 aromatic rings. The Morgan fingerprint density at radius 2 is 2.14 bits per heavy atom. The van der Waals surface area contributed by atoms with Crippen LogP contribution >= 0.6 is 0 Å². The van der Waals surface area contributed by atoms with Crippen LogP contribution in [0.1, 0.15) is 21.5 Å². The lowest BCUT2D eigenvalue weighted by molar-refractivity contribution is 0.0696. The third-order valence-electron chi connectivity index (χ3n) is 2.84. The number of rotatable bonds is 4. The second-order valence-corrected chi connectivity index (χ2v) is 4.24. The van der Waals surface area contributed by atoms with Crippen LogP contribution in [0.2, 0.25) is 0 Å². The van der Waals surface area contributed by atoms with Crippen molar-refractivity contribution in [3.05, 3.63) is 58.9 Å². The zero-order chi connectivity index (χ0) is 15.4. The zero-order valence-corrected chi connectivity index (χ0v) is 10.8. The summed E-state index contributed by atoms with van der Waals surface area (Å²) in [6, 6.07) is 10.1. The van der Waals surface area contributed by atoms with Gasteiger partial charge in [-0.25, -0.2) is 9.18 Å². The number of hydrogen-bond donors (Lipinski definition) is 2. The van der Waals surface area contributed by atoms with Gasteiger partial charge in [0.25, 0.3) is 0 Å². The highest BCUT2D eigenvalue weighted by atomic mass is 19.1. The van der Waals surface area contributed by atoms with Crippen LogP contribution in [0, 0.1) is 17.1 Å². The van der Waals surface area contributed by atoms with E-state index in [4.69, 9.17) is 20.8 Å². The van der Waals surface area contributed by atoms with Crippen molar-refractivity contribution in [3.63, 3.8) is 0 Å². The molecule has 0 radical (unpaired) electrons. The van der Waals surface area contributed by atoms with Crippen molar-refractivity contribution in [2.45, 2.75) is 6.61 Å². The lowest BCUT2D eigenvalue weighted by Gasteiger charge is -2.10. The second-order valence-electron chi connectivity index (χ2n) is 4.24. The maximum absolute atomic E-state index is 13.9. The molecule has 0 saturated carbocycles. The van der Waals surface area contributed by atoms with Crippen LogP contribution in [-0.4, -0.2) is 11.1 Å². The van der Waals surface area contributed by atoms with Gasteiger partial charge in [-0.15, -0.1) is 0 Å². The number of ether oxygens (including phenoxy) is 1. The van der Waals surface area contributed by atoms with Gasteiger partial charge in [0.15, 0.2) is 0 Å². The van der Waals surface area contributed by atoms with Crippen LogP contribution in [0.3, 0.4) is 0 Å². The highest BCUT2D eigenvalue weighted by Gasteiger charge is 2.11. The first-order valence-electron chi connectivity index (χ1n) is 5.96. The lowest BCUT2D eigenvalue weighted by atomic mass is 10.1. The molecule has 0 heterocycles. The smallest absolute Gasteiger partial charge is 0.335 e. The van der Waals surface area contributed by atoms with Crippen LogP contribution < -0.4 is 10.5 Å². The molecular weight excluding hydrogens is 275 g/mol. The number of carboxylic acids is 1. The minimum atomic E-state index is -1.11. The van der Waals surface area contributed by atoms with Crippen molar-refractivity contribution in [2.24, 2.45) is 0 Å². The number of nitrogen functional groups attached to an aromatic ring is 1. The van der Waals surface area contributed by atoms with Gasteiger partial charge >= 0.3 is 5.97 Å². The van der Waals surface area contributed by atoms with Crippen molar-refractivity contribution in [3.8, 4) is 11.8 Å². The molecule has 0 saturated heterocycles. The first kappa shape index (κ1) is 14.3. The molecule has 106 valence electrons. The monoisotopic (exact) mass is 286 g/mol. The highest BCUT2D eigenvalue weighted by molar-refractivity contribution is 5.89. The number of nitrogens with two attached hydrogens (primary N) is 1. The summed E-state index contributed by atoms with van der Waals surface area (Å²) in [4.78, 5) is 10.9. The van der Waals surface area contributed by atoms with E-state index in [1.54, 1.807) is 6.07 Å². The van der Waals surface area contributed by atoms with Crippen molar-refractivity contribution < 1.29 is 19.0 Å². The van der Waals surface area contributed by atoms with Gasteiger partial charge in [-0.3, -0.25) is 0 Å². The van der Waals surface area contributed by atoms with Gasteiger partial charge in [0.1, 0.15) is 24.2 Å². The van der Waals surface area contributed by atoms with E-state index in [-0.39, 0.29) is 34.7 Å². The third-order valence-corrected chi connectivity index (χ3v) is 2.84. The first-order valence-corrected chi connectivity index (χ1v) is 5.96. The molecule has 0 aromatic heterocycles. The van der Waals surface area contributed by atoms with Gasteiger partial charge in [0.2, 0.25) is 0 Å². The number of carboxylic acid groups (broad SMARTS) is 1. The average Bonchev–Trinajstić information content (AvgIpc) is 2.47. The van der Waals surface area contributed by atoms with Crippen LogP contribution in [-0.2, 0) is 6.61 Å². The number of halogens is 1. The van der Waals surface area contributed by atoms with Crippen molar-refractivity contribution in [1.29, 1.82) is 5.26 Å². The zero-order valence-electron chi connectivity index (χ0n) is 10.8. The van der Waals surface area contributed by atoms with Crippen LogP contribution in [0.25, 0.3) is 0 Å². The van der Waals surface area contributed by atoms with E-state index in [1.807, 2.05) is 0 Å². The van der Waals surface area contributed by atoms with Gasteiger partial charge in [-0.1, -0.05) is 12.1 Å². The van der Waals surface area contributed by atoms with Gasteiger partial charge in [-0.05, 0) is 24.3 Å². The molecule has 0 amide bonds. The number of aromatic carboxylic acids is 1. The van der Waals surface area contributed by atoms with E-state index in [2.05, 4.69) is 0 Å². The molecule has 6 heteroatoms. The quantitative estimate of drug-likeness (QED) is 0.842. The Kier molecular flexibility index (Phi) is 4.05. The van der Waals surface area contributed by atoms with E-state index in [0.29, 0.717) is 0 Å². The van der Waals surface area contributed by atoms with Gasteiger partial charge in [-0.2, -0.15) is 5.26 Å². The molecular formula is C15H11FN2O3. The molecule has 0 spiro atoms. The lowest BCUT2D eigenvalue weighted by Crippen LogP contribution is -2.04. The molecule has 2 aromatic carbocycles. The van der Waals surface area contributed by atoms with Gasteiger partial charge in [0, 0.05) is 5.56 Å². The molecule has 2 rings (SSSR count). The fourth-order valence-electron chi connectivity index (χ4n) is 1.73. The highest BCUT2D eigenvalue weighted by Crippen LogP contribution is 2.24. The summed E-state index contributed by atoms with van der Waals surface area (Å²) in [5.41, 5.74) is 6.06. The number of benzene rings is 2. The molecule has 0 atom stereocenters. The van der Waals surface area contributed by atoms with Crippen LogP contribution in [0.15, 0.2) is 36.4 Å². The minimum Gasteiger partial charge on any atom is -0.487 e. The number of hydrogen-bond acceptors (Lipinski definition) is 4. The third kappa shape index (κ3) is 3.09. The predicted molar refractivity (Wildman–Crippen MR) is 73.3 cm³/mol. The van der Waals surface area contributed by atoms with E-state index in [1.165, 1.54) is 36.4 Å². The number of anilines is 1.